The number of sulfonamides is 1. The van der Waals surface area contributed by atoms with Crippen molar-refractivity contribution in [1.82, 2.24) is 14.6 Å². The van der Waals surface area contributed by atoms with Gasteiger partial charge in [0.05, 0.1) is 22.0 Å². The Morgan fingerprint density at radius 1 is 1.11 bits per heavy atom. The minimum atomic E-state index is -3.76. The molecule has 3 rings (SSSR count). The lowest BCUT2D eigenvalue weighted by atomic mass is 9.87. The fourth-order valence-electron chi connectivity index (χ4n) is 3.39. The van der Waals surface area contributed by atoms with Crippen LogP contribution in [0.4, 0.5) is 0 Å². The Hall–Kier alpha value is -3.27. The molecule has 0 bridgehead atoms. The summed E-state index contributed by atoms with van der Waals surface area (Å²) >= 11 is 6.26. The van der Waals surface area contributed by atoms with E-state index in [1.807, 2.05) is 20.8 Å². The van der Waals surface area contributed by atoms with Crippen LogP contribution in [0.5, 0.6) is 0 Å². The van der Waals surface area contributed by atoms with Crippen molar-refractivity contribution >= 4 is 33.4 Å². The topological polar surface area (TPSA) is 116 Å². The molecular formula is C25H26ClN3O5S. The number of allylic oxidation sites excluding steroid dienone is 2. The van der Waals surface area contributed by atoms with Gasteiger partial charge in [-0.25, -0.2) is 13.1 Å². The standard InChI is InChI=1S/C25H26ClN3O5S/c1-16-21(24(32)29(23(16)31)15-17-7-5-13-27-22(17)30)20(26)8-6-14-28-35(33,34)19-11-9-18(10-12-19)25(2,3)4/h5-13,28H,1,14-15H2,2-4H3,(H,27,30)/b8-6-,21-20-. The smallest absolute Gasteiger partial charge is 0.263 e. The van der Waals surface area contributed by atoms with Crippen molar-refractivity contribution in [3.8, 4) is 0 Å². The molecule has 0 spiro atoms. The monoisotopic (exact) mass is 515 g/mol. The molecule has 8 nitrogen and oxygen atoms in total. The molecule has 1 aliphatic rings. The summed E-state index contributed by atoms with van der Waals surface area (Å²) < 4.78 is 27.5. The van der Waals surface area contributed by atoms with E-state index in [4.69, 9.17) is 11.6 Å². The van der Waals surface area contributed by atoms with Crippen LogP contribution in [0, 0.1) is 0 Å². The number of likely N-dealkylation sites (tertiary alicyclic amines) is 1. The van der Waals surface area contributed by atoms with Gasteiger partial charge in [0, 0.05) is 23.9 Å². The Kier molecular flexibility index (Phi) is 7.64. The van der Waals surface area contributed by atoms with Crippen molar-refractivity contribution in [2.24, 2.45) is 0 Å². The maximum Gasteiger partial charge on any atom is 0.263 e. The highest BCUT2D eigenvalue weighted by atomic mass is 35.5. The first-order chi connectivity index (χ1) is 16.3. The highest BCUT2D eigenvalue weighted by Gasteiger charge is 2.39. The van der Waals surface area contributed by atoms with Crippen LogP contribution in [0.3, 0.4) is 0 Å². The Bertz CT molecular complexity index is 1400. The number of H-pyrrole nitrogens is 1. The summed E-state index contributed by atoms with van der Waals surface area (Å²) in [7, 11) is -3.76. The average molecular weight is 516 g/mol. The highest BCUT2D eigenvalue weighted by molar-refractivity contribution is 7.89. The number of hydrogen-bond donors (Lipinski definition) is 2. The molecule has 2 N–H and O–H groups in total. The number of benzene rings is 1. The highest BCUT2D eigenvalue weighted by Crippen LogP contribution is 2.30. The number of aromatic amines is 1. The molecule has 2 heterocycles. The first-order valence-electron chi connectivity index (χ1n) is 10.7. The van der Waals surface area contributed by atoms with E-state index in [1.165, 1.54) is 24.4 Å². The second-order valence-corrected chi connectivity index (χ2v) is 11.1. The van der Waals surface area contributed by atoms with Crippen LogP contribution in [0.2, 0.25) is 0 Å². The number of nitrogens with one attached hydrogen (secondary N) is 2. The number of halogens is 1. The first kappa shape index (κ1) is 26.3. The van der Waals surface area contributed by atoms with Gasteiger partial charge in [-0.05, 0) is 35.3 Å². The molecule has 0 radical (unpaired) electrons. The van der Waals surface area contributed by atoms with Gasteiger partial charge >= 0.3 is 0 Å². The summed E-state index contributed by atoms with van der Waals surface area (Å²) in [5.41, 5.74) is 0.537. The summed E-state index contributed by atoms with van der Waals surface area (Å²) in [6.07, 6.45) is 4.20. The zero-order valence-corrected chi connectivity index (χ0v) is 21.2. The summed E-state index contributed by atoms with van der Waals surface area (Å²) in [6.45, 7) is 9.44. The molecule has 0 aliphatic carbocycles. The maximum atomic E-state index is 12.8. The van der Waals surface area contributed by atoms with Gasteiger partial charge in [0.2, 0.25) is 10.0 Å². The minimum absolute atomic E-state index is 0.0634. The molecule has 0 saturated carbocycles. The molecular weight excluding hydrogens is 490 g/mol. The third kappa shape index (κ3) is 5.87. The van der Waals surface area contributed by atoms with Crippen LogP contribution in [0.15, 0.2) is 87.2 Å². The average Bonchev–Trinajstić information content (AvgIpc) is 3.00. The number of amides is 2. The molecule has 1 saturated heterocycles. The molecule has 0 atom stereocenters. The largest absolute Gasteiger partial charge is 0.329 e. The van der Waals surface area contributed by atoms with Crippen molar-refractivity contribution in [3.05, 3.63) is 99.0 Å². The van der Waals surface area contributed by atoms with E-state index in [1.54, 1.807) is 30.3 Å². The molecule has 35 heavy (non-hydrogen) atoms. The van der Waals surface area contributed by atoms with Crippen LogP contribution in [0.1, 0.15) is 31.9 Å². The molecule has 10 heteroatoms. The zero-order chi connectivity index (χ0) is 26.0. The quantitative estimate of drug-likeness (QED) is 0.434. The maximum absolute atomic E-state index is 12.8. The minimum Gasteiger partial charge on any atom is -0.329 e. The van der Waals surface area contributed by atoms with Gasteiger partial charge in [-0.3, -0.25) is 19.3 Å². The zero-order valence-electron chi connectivity index (χ0n) is 19.6. The van der Waals surface area contributed by atoms with E-state index in [9.17, 15) is 22.8 Å². The third-order valence-corrected chi connectivity index (χ3v) is 7.17. The van der Waals surface area contributed by atoms with Crippen molar-refractivity contribution in [1.29, 1.82) is 0 Å². The Morgan fingerprint density at radius 2 is 1.77 bits per heavy atom. The van der Waals surface area contributed by atoms with E-state index in [0.29, 0.717) is 0 Å². The lowest BCUT2D eigenvalue weighted by Gasteiger charge is -2.19. The second kappa shape index (κ2) is 10.2. The Balaban J connectivity index is 1.70. The first-order valence-corrected chi connectivity index (χ1v) is 12.6. The number of carbonyl (C=O) groups excluding carboxylic acids is 2. The number of hydrogen-bond acceptors (Lipinski definition) is 5. The normalized spacial score (nSPS) is 16.5. The molecule has 1 aromatic heterocycles. The van der Waals surface area contributed by atoms with Crippen LogP contribution in [-0.2, 0) is 31.6 Å². The van der Waals surface area contributed by atoms with E-state index in [0.717, 1.165) is 10.5 Å². The van der Waals surface area contributed by atoms with Gasteiger partial charge in [-0.2, -0.15) is 0 Å². The van der Waals surface area contributed by atoms with Gasteiger partial charge < -0.3 is 4.98 Å². The van der Waals surface area contributed by atoms with Crippen LogP contribution < -0.4 is 10.3 Å². The van der Waals surface area contributed by atoms with E-state index >= 15 is 0 Å². The van der Waals surface area contributed by atoms with Gasteiger partial charge in [0.25, 0.3) is 17.4 Å². The van der Waals surface area contributed by atoms with Crippen molar-refractivity contribution in [2.45, 2.75) is 37.6 Å². The van der Waals surface area contributed by atoms with Crippen LogP contribution in [-0.4, -0.2) is 36.7 Å². The van der Waals surface area contributed by atoms with Gasteiger partial charge in [-0.15, -0.1) is 0 Å². The van der Waals surface area contributed by atoms with Crippen molar-refractivity contribution in [3.63, 3.8) is 0 Å². The summed E-state index contributed by atoms with van der Waals surface area (Å²) in [5.74, 6) is -1.34. The molecule has 2 amide bonds. The predicted octanol–water partition coefficient (Wildman–Crippen LogP) is 3.13. The third-order valence-electron chi connectivity index (χ3n) is 5.42. The Morgan fingerprint density at radius 3 is 2.37 bits per heavy atom. The molecule has 2 aromatic rings. The van der Waals surface area contributed by atoms with Gasteiger partial charge in [-0.1, -0.05) is 63.2 Å². The van der Waals surface area contributed by atoms with Crippen LogP contribution >= 0.6 is 11.6 Å². The van der Waals surface area contributed by atoms with E-state index in [-0.39, 0.29) is 45.1 Å². The molecule has 184 valence electrons. The van der Waals surface area contributed by atoms with E-state index < -0.39 is 27.4 Å². The number of carbonyl (C=O) groups is 2. The van der Waals surface area contributed by atoms with E-state index in [2.05, 4.69) is 16.3 Å². The summed E-state index contributed by atoms with van der Waals surface area (Å²) in [4.78, 5) is 40.7. The molecule has 1 aromatic carbocycles. The fraction of sp³-hybridized carbons (Fsp3) is 0.240. The molecule has 1 aliphatic heterocycles. The molecule has 1 fully saturated rings. The number of rotatable bonds is 7. The summed E-state index contributed by atoms with van der Waals surface area (Å²) in [5, 5.41) is -0.0634. The predicted molar refractivity (Wildman–Crippen MR) is 134 cm³/mol. The number of pyridine rings is 1. The second-order valence-electron chi connectivity index (χ2n) is 8.95. The lowest BCUT2D eigenvalue weighted by Crippen LogP contribution is -2.31. The number of aromatic nitrogens is 1. The van der Waals surface area contributed by atoms with Crippen molar-refractivity contribution in [2.75, 3.05) is 6.54 Å². The van der Waals surface area contributed by atoms with Gasteiger partial charge in [0.15, 0.2) is 0 Å². The van der Waals surface area contributed by atoms with Crippen LogP contribution in [0.25, 0.3) is 0 Å². The summed E-state index contributed by atoms with van der Waals surface area (Å²) in [6, 6.07) is 9.73. The SMILES string of the molecule is C=C1C(=O)N(Cc2ccc[nH]c2=O)C(=O)/C1=C(Cl)/C=C\CNS(=O)(=O)c1ccc(C(C)(C)C)cc1. The lowest BCUT2D eigenvalue weighted by molar-refractivity contribution is -0.137. The number of imide groups is 1. The van der Waals surface area contributed by atoms with Gasteiger partial charge in [0.1, 0.15) is 0 Å². The molecule has 0 unspecified atom stereocenters. The Labute approximate surface area is 209 Å². The van der Waals surface area contributed by atoms with Crippen molar-refractivity contribution < 1.29 is 18.0 Å². The number of nitrogens with zero attached hydrogens (tertiary/aromatic N) is 1. The fourth-order valence-corrected chi connectivity index (χ4v) is 4.65.